The topological polar surface area (TPSA) is 75.6 Å². The highest BCUT2D eigenvalue weighted by Crippen LogP contribution is 2.37. The maximum atomic E-state index is 12.2. The van der Waals surface area contributed by atoms with Gasteiger partial charge in [0.05, 0.1) is 5.25 Å². The third-order valence-corrected chi connectivity index (χ3v) is 6.15. The van der Waals surface area contributed by atoms with Crippen LogP contribution in [0.3, 0.4) is 0 Å². The zero-order chi connectivity index (χ0) is 13.1. The van der Waals surface area contributed by atoms with Crippen LogP contribution >= 0.6 is 0 Å². The summed E-state index contributed by atoms with van der Waals surface area (Å²) < 4.78 is 32.2. The summed E-state index contributed by atoms with van der Waals surface area (Å²) in [5.41, 5.74) is -0.224. The molecular formula is C12H23NO4S. The lowest BCUT2D eigenvalue weighted by Crippen LogP contribution is -2.43. The van der Waals surface area contributed by atoms with Crippen molar-refractivity contribution in [2.45, 2.75) is 43.8 Å². The van der Waals surface area contributed by atoms with Crippen LogP contribution in [0, 0.1) is 5.41 Å². The van der Waals surface area contributed by atoms with Gasteiger partial charge in [0.1, 0.15) is 0 Å². The molecule has 0 radical (unpaired) electrons. The van der Waals surface area contributed by atoms with Gasteiger partial charge in [-0.1, -0.05) is 12.8 Å². The predicted molar refractivity (Wildman–Crippen MR) is 68.8 cm³/mol. The van der Waals surface area contributed by atoms with E-state index in [2.05, 4.69) is 4.72 Å². The number of aliphatic hydroxyl groups excluding tert-OH is 1. The Morgan fingerprint density at radius 3 is 2.39 bits per heavy atom. The van der Waals surface area contributed by atoms with Crippen LogP contribution in [0.5, 0.6) is 0 Å². The van der Waals surface area contributed by atoms with Crippen molar-refractivity contribution in [3.63, 3.8) is 0 Å². The van der Waals surface area contributed by atoms with Crippen molar-refractivity contribution < 1.29 is 18.3 Å². The largest absolute Gasteiger partial charge is 0.396 e. The van der Waals surface area contributed by atoms with Crippen LogP contribution in [0.1, 0.15) is 38.5 Å². The van der Waals surface area contributed by atoms with Crippen LogP contribution in [-0.4, -0.2) is 45.1 Å². The molecule has 1 saturated carbocycles. The van der Waals surface area contributed by atoms with Gasteiger partial charge in [-0.15, -0.1) is 0 Å². The van der Waals surface area contributed by atoms with Gasteiger partial charge in [0, 0.05) is 31.8 Å². The van der Waals surface area contributed by atoms with E-state index in [1.54, 1.807) is 0 Å². The maximum absolute atomic E-state index is 12.2. The van der Waals surface area contributed by atoms with Crippen LogP contribution < -0.4 is 4.72 Å². The van der Waals surface area contributed by atoms with Crippen molar-refractivity contribution in [2.24, 2.45) is 5.41 Å². The minimum atomic E-state index is -3.26. The molecule has 2 N–H and O–H groups in total. The first-order chi connectivity index (χ1) is 8.58. The zero-order valence-corrected chi connectivity index (χ0v) is 11.5. The summed E-state index contributed by atoms with van der Waals surface area (Å²) in [5, 5.41) is 9.14. The van der Waals surface area contributed by atoms with Gasteiger partial charge in [0.15, 0.2) is 0 Å². The fourth-order valence-electron chi connectivity index (χ4n) is 2.87. The van der Waals surface area contributed by atoms with Gasteiger partial charge in [-0.05, 0) is 25.7 Å². The summed E-state index contributed by atoms with van der Waals surface area (Å²) in [6.45, 7) is 1.50. The fraction of sp³-hybridized carbons (Fsp3) is 1.00. The van der Waals surface area contributed by atoms with Crippen LogP contribution in [0.15, 0.2) is 0 Å². The van der Waals surface area contributed by atoms with Gasteiger partial charge in [0.2, 0.25) is 10.0 Å². The number of hydrogen-bond donors (Lipinski definition) is 2. The van der Waals surface area contributed by atoms with Gasteiger partial charge in [-0.25, -0.2) is 13.1 Å². The molecule has 0 unspecified atom stereocenters. The van der Waals surface area contributed by atoms with Gasteiger partial charge >= 0.3 is 0 Å². The van der Waals surface area contributed by atoms with Crippen molar-refractivity contribution in [2.75, 3.05) is 26.4 Å². The monoisotopic (exact) mass is 277 g/mol. The number of aliphatic hydroxyl groups is 1. The molecule has 0 atom stereocenters. The van der Waals surface area contributed by atoms with Gasteiger partial charge in [-0.2, -0.15) is 0 Å². The lowest BCUT2D eigenvalue weighted by atomic mass is 9.88. The molecule has 5 nitrogen and oxygen atoms in total. The summed E-state index contributed by atoms with van der Waals surface area (Å²) >= 11 is 0. The molecule has 0 aromatic carbocycles. The third-order valence-electron chi connectivity index (χ3n) is 4.26. The van der Waals surface area contributed by atoms with Crippen LogP contribution in [-0.2, 0) is 14.8 Å². The van der Waals surface area contributed by atoms with Crippen molar-refractivity contribution >= 4 is 10.0 Å². The van der Waals surface area contributed by atoms with E-state index in [1.165, 1.54) is 0 Å². The molecule has 0 bridgehead atoms. The summed E-state index contributed by atoms with van der Waals surface area (Å²) in [5.74, 6) is 0. The molecule has 1 heterocycles. The molecule has 0 spiro atoms. The van der Waals surface area contributed by atoms with E-state index < -0.39 is 10.0 Å². The molecule has 1 saturated heterocycles. The zero-order valence-electron chi connectivity index (χ0n) is 10.7. The van der Waals surface area contributed by atoms with Crippen molar-refractivity contribution in [3.8, 4) is 0 Å². The Hall–Kier alpha value is -0.170. The number of sulfonamides is 1. The van der Waals surface area contributed by atoms with E-state index in [0.717, 1.165) is 25.7 Å². The predicted octanol–water partition coefficient (Wildman–Crippen LogP) is 0.637. The fourth-order valence-corrected chi connectivity index (χ4v) is 4.43. The average Bonchev–Trinajstić information content (AvgIpc) is 2.87. The lowest BCUT2D eigenvalue weighted by Gasteiger charge is -2.29. The highest BCUT2D eigenvalue weighted by atomic mass is 32.2. The average molecular weight is 277 g/mol. The van der Waals surface area contributed by atoms with Crippen LogP contribution in [0.25, 0.3) is 0 Å². The van der Waals surface area contributed by atoms with Crippen molar-refractivity contribution in [1.29, 1.82) is 0 Å². The Morgan fingerprint density at radius 2 is 1.83 bits per heavy atom. The molecular weight excluding hydrogens is 254 g/mol. The number of rotatable bonds is 5. The van der Waals surface area contributed by atoms with Crippen molar-refractivity contribution in [3.05, 3.63) is 0 Å². The normalized spacial score (nSPS) is 25.4. The highest BCUT2D eigenvalue weighted by molar-refractivity contribution is 7.90. The summed E-state index contributed by atoms with van der Waals surface area (Å²) in [6, 6.07) is 0. The second-order valence-corrected chi connectivity index (χ2v) is 7.59. The number of hydrogen-bond acceptors (Lipinski definition) is 4. The standard InChI is InChI=1S/C12H23NO4S/c14-10-12(5-1-2-6-12)9-13-18(15,16)11-3-7-17-8-4-11/h11,13-14H,1-10H2. The minimum absolute atomic E-state index is 0.0727. The molecule has 0 amide bonds. The van der Waals surface area contributed by atoms with Crippen LogP contribution in [0.2, 0.25) is 0 Å². The van der Waals surface area contributed by atoms with Gasteiger partial charge in [-0.3, -0.25) is 0 Å². The Labute approximate surface area is 109 Å². The molecule has 0 aromatic heterocycles. The molecule has 0 aromatic rings. The van der Waals surface area contributed by atoms with Gasteiger partial charge in [0.25, 0.3) is 0 Å². The van der Waals surface area contributed by atoms with E-state index >= 15 is 0 Å². The first kappa shape index (κ1) is 14.2. The van der Waals surface area contributed by atoms with Gasteiger partial charge < -0.3 is 9.84 Å². The highest BCUT2D eigenvalue weighted by Gasteiger charge is 2.36. The van der Waals surface area contributed by atoms with E-state index in [4.69, 9.17) is 4.74 Å². The maximum Gasteiger partial charge on any atom is 0.214 e. The quantitative estimate of drug-likeness (QED) is 0.773. The van der Waals surface area contributed by atoms with E-state index in [9.17, 15) is 13.5 Å². The summed E-state index contributed by atoms with van der Waals surface area (Å²) in [6.07, 6.45) is 5.14. The third kappa shape index (κ3) is 3.23. The molecule has 2 aliphatic rings. The molecule has 2 rings (SSSR count). The molecule has 1 aliphatic carbocycles. The summed E-state index contributed by atoms with van der Waals surface area (Å²) in [4.78, 5) is 0. The minimum Gasteiger partial charge on any atom is -0.396 e. The second kappa shape index (κ2) is 5.86. The smallest absolute Gasteiger partial charge is 0.214 e. The lowest BCUT2D eigenvalue weighted by molar-refractivity contribution is 0.0977. The number of nitrogens with one attached hydrogen (secondary N) is 1. The molecule has 6 heteroatoms. The number of ether oxygens (including phenoxy) is 1. The van der Waals surface area contributed by atoms with E-state index in [1.807, 2.05) is 0 Å². The Morgan fingerprint density at radius 1 is 1.22 bits per heavy atom. The Balaban J connectivity index is 1.91. The first-order valence-electron chi connectivity index (χ1n) is 6.75. The molecule has 18 heavy (non-hydrogen) atoms. The molecule has 1 aliphatic heterocycles. The van der Waals surface area contributed by atoms with Crippen LogP contribution in [0.4, 0.5) is 0 Å². The molecule has 106 valence electrons. The Kier molecular flexibility index (Phi) is 4.64. The summed E-state index contributed by atoms with van der Waals surface area (Å²) in [7, 11) is -3.26. The first-order valence-corrected chi connectivity index (χ1v) is 8.30. The van der Waals surface area contributed by atoms with Crippen molar-refractivity contribution in [1.82, 2.24) is 4.72 Å². The molecule has 2 fully saturated rings. The SMILES string of the molecule is O=S(=O)(NCC1(CO)CCCC1)C1CCOCC1. The van der Waals surface area contributed by atoms with E-state index in [0.29, 0.717) is 32.6 Å². The van der Waals surface area contributed by atoms with E-state index in [-0.39, 0.29) is 17.3 Å². The Bertz CT molecular complexity index is 356. The second-order valence-electron chi connectivity index (χ2n) is 5.54.